The number of aryl methyl sites for hydroxylation is 3. The Kier molecular flexibility index (Phi) is 7.07. The second-order valence-electron chi connectivity index (χ2n) is 8.31. The van der Waals surface area contributed by atoms with Crippen LogP contribution in [-0.2, 0) is 10.0 Å². The van der Waals surface area contributed by atoms with E-state index in [9.17, 15) is 13.2 Å². The van der Waals surface area contributed by atoms with Gasteiger partial charge in [-0.3, -0.25) is 4.79 Å². The number of hydrogen-bond donors (Lipinski definition) is 2. The second-order valence-corrected chi connectivity index (χ2v) is 9.93. The molecule has 0 spiro atoms. The minimum atomic E-state index is -4.31. The van der Waals surface area contributed by atoms with E-state index in [2.05, 4.69) is 15.0 Å². The van der Waals surface area contributed by atoms with Crippen LogP contribution in [0.5, 0.6) is 17.5 Å². The average Bonchev–Trinajstić information content (AvgIpc) is 2.85. The van der Waals surface area contributed by atoms with E-state index in [1.165, 1.54) is 31.4 Å². The van der Waals surface area contributed by atoms with Crippen molar-refractivity contribution in [1.82, 2.24) is 19.7 Å². The van der Waals surface area contributed by atoms with Crippen LogP contribution in [-0.4, -0.2) is 36.4 Å². The topological polar surface area (TPSA) is 146 Å². The monoisotopic (exact) mass is 519 g/mol. The van der Waals surface area contributed by atoms with Crippen LogP contribution in [0.2, 0.25) is 0 Å². The third-order valence-electron chi connectivity index (χ3n) is 5.41. The van der Waals surface area contributed by atoms with Crippen molar-refractivity contribution in [2.75, 3.05) is 12.8 Å². The van der Waals surface area contributed by atoms with Crippen molar-refractivity contribution in [3.63, 3.8) is 0 Å². The average molecular weight is 520 g/mol. The number of carbonyl (C=O) groups is 1. The number of anilines is 1. The number of sulfonamides is 1. The van der Waals surface area contributed by atoms with Crippen molar-refractivity contribution < 1.29 is 22.7 Å². The van der Waals surface area contributed by atoms with Crippen molar-refractivity contribution in [2.24, 2.45) is 0 Å². The van der Waals surface area contributed by atoms with Crippen molar-refractivity contribution in [2.45, 2.75) is 25.8 Å². The van der Waals surface area contributed by atoms with Crippen LogP contribution in [0, 0.1) is 20.8 Å². The number of nitrogen functional groups attached to an aromatic ring is 1. The first-order chi connectivity index (χ1) is 17.6. The largest absolute Gasteiger partial charge is 0.481 e. The Labute approximate surface area is 214 Å². The summed E-state index contributed by atoms with van der Waals surface area (Å²) in [5.41, 5.74) is 9.28. The van der Waals surface area contributed by atoms with Gasteiger partial charge in [-0.2, -0.15) is 8.42 Å². The number of rotatable bonds is 7. The van der Waals surface area contributed by atoms with Crippen LogP contribution in [0.3, 0.4) is 0 Å². The van der Waals surface area contributed by atoms with Gasteiger partial charge in [0.05, 0.1) is 12.8 Å². The number of aromatic nitrogens is 3. The van der Waals surface area contributed by atoms with E-state index in [-0.39, 0.29) is 22.3 Å². The van der Waals surface area contributed by atoms with E-state index in [1.807, 2.05) is 43.7 Å². The van der Waals surface area contributed by atoms with Crippen LogP contribution in [0.25, 0.3) is 11.3 Å². The summed E-state index contributed by atoms with van der Waals surface area (Å²) in [7, 11) is -2.78. The van der Waals surface area contributed by atoms with Gasteiger partial charge in [0.15, 0.2) is 5.03 Å². The van der Waals surface area contributed by atoms with Gasteiger partial charge in [0, 0.05) is 17.3 Å². The summed E-state index contributed by atoms with van der Waals surface area (Å²) in [6.07, 6.45) is 1.59. The number of benzene rings is 1. The second kappa shape index (κ2) is 10.2. The number of methoxy groups -OCH3 is 1. The molecular formula is C26H25N5O5S. The van der Waals surface area contributed by atoms with Crippen LogP contribution in [0.1, 0.15) is 27.0 Å². The highest BCUT2D eigenvalue weighted by Gasteiger charge is 2.24. The van der Waals surface area contributed by atoms with Crippen LogP contribution in [0.4, 0.5) is 5.82 Å². The Balaban J connectivity index is 1.76. The van der Waals surface area contributed by atoms with Gasteiger partial charge in [0.2, 0.25) is 11.8 Å². The lowest BCUT2D eigenvalue weighted by Gasteiger charge is -2.14. The van der Waals surface area contributed by atoms with Crippen molar-refractivity contribution in [1.29, 1.82) is 0 Å². The molecule has 0 saturated carbocycles. The number of ether oxygens (including phenoxy) is 2. The summed E-state index contributed by atoms with van der Waals surface area (Å²) < 4.78 is 38.9. The molecular weight excluding hydrogens is 494 g/mol. The third-order valence-corrected chi connectivity index (χ3v) is 6.64. The standard InChI is InChI=1S/C26H25N5O5S/c1-15-8-11-21(16(2)12-15)36-26-19(24(32)31-37(33,34)23-7-5-6-22(27)30-23)9-10-20(29-26)18-13-17(3)25(35-4)28-14-18/h5-14H,1-4H3,(H2,27,30)(H,31,32). The number of amides is 1. The first kappa shape index (κ1) is 25.6. The number of carbonyl (C=O) groups excluding carboxylic acids is 1. The molecule has 11 heteroatoms. The molecule has 0 aliphatic carbocycles. The highest BCUT2D eigenvalue weighted by atomic mass is 32.2. The number of nitrogens with zero attached hydrogens (tertiary/aromatic N) is 3. The lowest BCUT2D eigenvalue weighted by Crippen LogP contribution is -2.31. The zero-order valence-corrected chi connectivity index (χ0v) is 21.5. The third kappa shape index (κ3) is 5.67. The summed E-state index contributed by atoms with van der Waals surface area (Å²) in [6.45, 7) is 5.65. The Morgan fingerprint density at radius 3 is 2.41 bits per heavy atom. The van der Waals surface area contributed by atoms with Crippen molar-refractivity contribution in [3.8, 4) is 28.8 Å². The van der Waals surface area contributed by atoms with Gasteiger partial charge < -0.3 is 15.2 Å². The molecule has 37 heavy (non-hydrogen) atoms. The van der Waals surface area contributed by atoms with Crippen LogP contribution < -0.4 is 19.9 Å². The van der Waals surface area contributed by atoms with Gasteiger partial charge >= 0.3 is 0 Å². The molecule has 3 aromatic heterocycles. The number of nitrogens with two attached hydrogens (primary N) is 1. The molecule has 1 aromatic carbocycles. The van der Waals surface area contributed by atoms with Crippen LogP contribution >= 0.6 is 0 Å². The minimum absolute atomic E-state index is 0.00334. The Morgan fingerprint density at radius 1 is 0.946 bits per heavy atom. The summed E-state index contributed by atoms with van der Waals surface area (Å²) in [4.78, 5) is 25.8. The molecule has 0 saturated heterocycles. The fraction of sp³-hybridized carbons (Fsp3) is 0.154. The highest BCUT2D eigenvalue weighted by Crippen LogP contribution is 2.31. The maximum Gasteiger partial charge on any atom is 0.281 e. The van der Waals surface area contributed by atoms with E-state index < -0.39 is 15.9 Å². The molecule has 10 nitrogen and oxygen atoms in total. The molecule has 1 amide bonds. The Morgan fingerprint density at radius 2 is 1.73 bits per heavy atom. The predicted octanol–water partition coefficient (Wildman–Crippen LogP) is 3.97. The SMILES string of the molecule is COc1ncc(-c2ccc(C(=O)NS(=O)(=O)c3cccc(N)n3)c(Oc3ccc(C)cc3C)n2)cc1C. The first-order valence-electron chi connectivity index (χ1n) is 11.1. The fourth-order valence-electron chi connectivity index (χ4n) is 3.60. The number of nitrogens with one attached hydrogen (secondary N) is 1. The maximum absolute atomic E-state index is 13.2. The van der Waals surface area contributed by atoms with E-state index in [1.54, 1.807) is 18.3 Å². The smallest absolute Gasteiger partial charge is 0.281 e. The quantitative estimate of drug-likeness (QED) is 0.370. The summed E-state index contributed by atoms with van der Waals surface area (Å²) >= 11 is 0. The lowest BCUT2D eigenvalue weighted by atomic mass is 10.1. The summed E-state index contributed by atoms with van der Waals surface area (Å²) in [5.74, 6) is -0.0672. The molecule has 0 aliphatic rings. The Hall–Kier alpha value is -4.51. The van der Waals surface area contributed by atoms with Gasteiger partial charge in [0.25, 0.3) is 15.9 Å². The number of hydrogen-bond acceptors (Lipinski definition) is 9. The van der Waals surface area contributed by atoms with Crippen molar-refractivity contribution in [3.05, 3.63) is 83.0 Å². The molecule has 0 unspecified atom stereocenters. The summed E-state index contributed by atoms with van der Waals surface area (Å²) in [5, 5.41) is -0.387. The zero-order chi connectivity index (χ0) is 26.7. The fourth-order valence-corrected chi connectivity index (χ4v) is 4.54. The molecule has 0 radical (unpaired) electrons. The molecule has 190 valence electrons. The van der Waals surface area contributed by atoms with Gasteiger partial charge in [-0.25, -0.2) is 19.7 Å². The molecule has 0 fully saturated rings. The predicted molar refractivity (Wildman–Crippen MR) is 138 cm³/mol. The molecule has 0 atom stereocenters. The molecule has 4 aromatic rings. The molecule has 4 rings (SSSR count). The maximum atomic E-state index is 13.2. The number of pyridine rings is 3. The van der Waals surface area contributed by atoms with Crippen molar-refractivity contribution >= 4 is 21.7 Å². The van der Waals surface area contributed by atoms with E-state index in [0.29, 0.717) is 22.9 Å². The van der Waals surface area contributed by atoms with E-state index >= 15 is 0 Å². The lowest BCUT2D eigenvalue weighted by molar-refractivity contribution is 0.0978. The zero-order valence-electron chi connectivity index (χ0n) is 20.6. The molecule has 0 aliphatic heterocycles. The van der Waals surface area contributed by atoms with E-state index in [4.69, 9.17) is 15.2 Å². The first-order valence-corrected chi connectivity index (χ1v) is 12.6. The molecule has 3 N–H and O–H groups in total. The van der Waals surface area contributed by atoms with E-state index in [0.717, 1.165) is 16.7 Å². The van der Waals surface area contributed by atoms with Gasteiger partial charge in [0.1, 0.15) is 17.1 Å². The normalized spacial score (nSPS) is 11.1. The van der Waals surface area contributed by atoms with Crippen LogP contribution in [0.15, 0.2) is 65.8 Å². The molecule has 3 heterocycles. The van der Waals surface area contributed by atoms with Gasteiger partial charge in [-0.05, 0) is 62.7 Å². The minimum Gasteiger partial charge on any atom is -0.481 e. The summed E-state index contributed by atoms with van der Waals surface area (Å²) in [6, 6.07) is 14.5. The Bertz CT molecular complexity index is 1610. The molecule has 0 bridgehead atoms. The van der Waals surface area contributed by atoms with Gasteiger partial charge in [-0.1, -0.05) is 23.8 Å². The highest BCUT2D eigenvalue weighted by molar-refractivity contribution is 7.90. The van der Waals surface area contributed by atoms with Gasteiger partial charge in [-0.15, -0.1) is 0 Å².